The molecule has 5 rings (SSSR count). The number of H-pyrrole nitrogens is 1. The standard InChI is InChI=1S/C28H22F2N4O3S/c1-31-27(36)17-12-20-21(14-33-26(20)32-13-17)25-9-6-18(38-25)5-8-24(35)19-3-2-10-34(28(19)37)15-16-4-7-22(29)23(30)11-16/h2-4,6-7,9-14H,5,8,15H2,1H3,(H,31,36)(H,32,33). The molecule has 0 atom stereocenters. The number of pyridine rings is 2. The number of aromatic nitrogens is 3. The molecule has 2 N–H and O–H groups in total. The van der Waals surface area contributed by atoms with Crippen molar-refractivity contribution >= 4 is 34.1 Å². The smallest absolute Gasteiger partial charge is 0.261 e. The van der Waals surface area contributed by atoms with E-state index in [1.54, 1.807) is 19.2 Å². The van der Waals surface area contributed by atoms with Crippen LogP contribution in [0.3, 0.4) is 0 Å². The first-order valence-electron chi connectivity index (χ1n) is 11.8. The van der Waals surface area contributed by atoms with Crippen molar-refractivity contribution in [2.24, 2.45) is 0 Å². The van der Waals surface area contributed by atoms with E-state index in [2.05, 4.69) is 15.3 Å². The number of Topliss-reactive ketones (excluding diaryl/α,β-unsaturated/α-hetero) is 1. The van der Waals surface area contributed by atoms with E-state index in [4.69, 9.17) is 0 Å². The normalized spacial score (nSPS) is 11.1. The molecule has 0 spiro atoms. The fourth-order valence-electron chi connectivity index (χ4n) is 4.21. The molecule has 0 radical (unpaired) electrons. The van der Waals surface area contributed by atoms with Gasteiger partial charge in [0.05, 0.1) is 17.7 Å². The van der Waals surface area contributed by atoms with E-state index in [1.807, 2.05) is 18.3 Å². The topological polar surface area (TPSA) is 96.8 Å². The highest BCUT2D eigenvalue weighted by Gasteiger charge is 2.16. The number of hydrogen-bond acceptors (Lipinski definition) is 5. The van der Waals surface area contributed by atoms with Crippen molar-refractivity contribution in [2.75, 3.05) is 7.05 Å². The number of benzene rings is 1. The number of amides is 1. The summed E-state index contributed by atoms with van der Waals surface area (Å²) in [6.45, 7) is 0.0204. The third-order valence-corrected chi connectivity index (χ3v) is 7.38. The molecule has 1 amide bonds. The Morgan fingerprint density at radius 2 is 1.95 bits per heavy atom. The molecule has 0 aliphatic rings. The van der Waals surface area contributed by atoms with Gasteiger partial charge in [-0.15, -0.1) is 11.3 Å². The van der Waals surface area contributed by atoms with Gasteiger partial charge in [0.15, 0.2) is 17.4 Å². The minimum atomic E-state index is -0.992. The number of carbonyl (C=O) groups excluding carboxylic acids is 2. The van der Waals surface area contributed by atoms with Crippen molar-refractivity contribution < 1.29 is 18.4 Å². The second-order valence-electron chi connectivity index (χ2n) is 8.69. The molecule has 0 fully saturated rings. The van der Waals surface area contributed by atoms with Crippen LogP contribution in [0.5, 0.6) is 0 Å². The molecule has 4 heterocycles. The van der Waals surface area contributed by atoms with Gasteiger partial charge in [0.1, 0.15) is 5.65 Å². The van der Waals surface area contributed by atoms with Gasteiger partial charge in [0.2, 0.25) is 0 Å². The van der Waals surface area contributed by atoms with Crippen molar-refractivity contribution in [2.45, 2.75) is 19.4 Å². The summed E-state index contributed by atoms with van der Waals surface area (Å²) in [5.41, 5.74) is 2.02. The number of carbonyl (C=O) groups is 2. The number of ketones is 1. The van der Waals surface area contributed by atoms with E-state index < -0.39 is 17.2 Å². The third-order valence-electron chi connectivity index (χ3n) is 6.20. The Morgan fingerprint density at radius 3 is 2.74 bits per heavy atom. The lowest BCUT2D eigenvalue weighted by Gasteiger charge is -2.08. The predicted molar refractivity (Wildman–Crippen MR) is 142 cm³/mol. The number of aromatic amines is 1. The van der Waals surface area contributed by atoms with Crippen molar-refractivity contribution in [3.63, 3.8) is 0 Å². The van der Waals surface area contributed by atoms with Crippen LogP contribution in [0.1, 0.15) is 37.6 Å². The quantitative estimate of drug-likeness (QED) is 0.276. The highest BCUT2D eigenvalue weighted by molar-refractivity contribution is 7.15. The lowest BCUT2D eigenvalue weighted by atomic mass is 10.1. The molecule has 7 nitrogen and oxygen atoms in total. The number of fused-ring (bicyclic) bond motifs is 1. The Balaban J connectivity index is 1.30. The Bertz CT molecular complexity index is 1740. The highest BCUT2D eigenvalue weighted by atomic mass is 32.1. The highest BCUT2D eigenvalue weighted by Crippen LogP contribution is 2.34. The van der Waals surface area contributed by atoms with Crippen LogP contribution in [0.25, 0.3) is 21.5 Å². The Morgan fingerprint density at radius 1 is 1.11 bits per heavy atom. The van der Waals surface area contributed by atoms with Crippen LogP contribution in [0.15, 0.2) is 71.9 Å². The summed E-state index contributed by atoms with van der Waals surface area (Å²) >= 11 is 1.52. The number of nitrogens with zero attached hydrogens (tertiary/aromatic N) is 2. The number of rotatable bonds is 8. The van der Waals surface area contributed by atoms with Crippen molar-refractivity contribution in [1.82, 2.24) is 19.9 Å². The fourth-order valence-corrected chi connectivity index (χ4v) is 5.25. The molecule has 5 aromatic rings. The zero-order chi connectivity index (χ0) is 26.8. The van der Waals surface area contributed by atoms with Crippen molar-refractivity contribution in [3.8, 4) is 10.4 Å². The van der Waals surface area contributed by atoms with Gasteiger partial charge in [-0.05, 0) is 54.4 Å². The van der Waals surface area contributed by atoms with Gasteiger partial charge in [-0.1, -0.05) is 6.07 Å². The number of halogens is 2. The molecule has 4 aromatic heterocycles. The Kier molecular flexibility index (Phi) is 6.97. The number of aryl methyl sites for hydroxylation is 1. The Hall–Kier alpha value is -4.44. The largest absolute Gasteiger partial charge is 0.355 e. The van der Waals surface area contributed by atoms with E-state index in [9.17, 15) is 23.2 Å². The van der Waals surface area contributed by atoms with E-state index in [-0.39, 0.29) is 30.2 Å². The summed E-state index contributed by atoms with van der Waals surface area (Å²) in [4.78, 5) is 47.2. The van der Waals surface area contributed by atoms with Gasteiger partial charge in [0.25, 0.3) is 11.5 Å². The van der Waals surface area contributed by atoms with Gasteiger partial charge < -0.3 is 14.9 Å². The minimum absolute atomic E-state index is 0.0204. The second-order valence-corrected chi connectivity index (χ2v) is 9.86. The maximum atomic E-state index is 13.5. The molecular weight excluding hydrogens is 510 g/mol. The molecule has 0 aliphatic carbocycles. The van der Waals surface area contributed by atoms with Gasteiger partial charge in [-0.2, -0.15) is 0 Å². The van der Waals surface area contributed by atoms with Gasteiger partial charge in [-0.25, -0.2) is 13.8 Å². The van der Waals surface area contributed by atoms with E-state index in [1.165, 1.54) is 40.4 Å². The van der Waals surface area contributed by atoms with Crippen LogP contribution >= 0.6 is 11.3 Å². The summed E-state index contributed by atoms with van der Waals surface area (Å²) < 4.78 is 28.1. The summed E-state index contributed by atoms with van der Waals surface area (Å²) in [5.74, 6) is -2.47. The predicted octanol–water partition coefficient (Wildman–Crippen LogP) is 4.95. The molecule has 192 valence electrons. The molecule has 1 aromatic carbocycles. The van der Waals surface area contributed by atoms with Crippen LogP contribution in [0.2, 0.25) is 0 Å². The second kappa shape index (κ2) is 10.5. The van der Waals surface area contributed by atoms with Crippen molar-refractivity contribution in [3.05, 3.63) is 111 Å². The molecular formula is C28H22F2N4O3S. The molecule has 0 unspecified atom stereocenters. The molecule has 38 heavy (non-hydrogen) atoms. The van der Waals surface area contributed by atoms with Crippen LogP contribution in [-0.2, 0) is 13.0 Å². The average Bonchev–Trinajstić information content (AvgIpc) is 3.56. The van der Waals surface area contributed by atoms with Crippen LogP contribution < -0.4 is 10.9 Å². The zero-order valence-electron chi connectivity index (χ0n) is 20.3. The summed E-state index contributed by atoms with van der Waals surface area (Å²) in [7, 11) is 1.56. The lowest BCUT2D eigenvalue weighted by Crippen LogP contribution is -2.26. The number of thiophene rings is 1. The summed E-state index contributed by atoms with van der Waals surface area (Å²) in [6, 6.07) is 12.2. The third kappa shape index (κ3) is 5.03. The van der Waals surface area contributed by atoms with E-state index >= 15 is 0 Å². The van der Waals surface area contributed by atoms with Crippen LogP contribution in [-0.4, -0.2) is 33.3 Å². The Labute approximate surface area is 219 Å². The van der Waals surface area contributed by atoms with Crippen molar-refractivity contribution in [1.29, 1.82) is 0 Å². The molecule has 0 saturated carbocycles. The number of hydrogen-bond donors (Lipinski definition) is 2. The number of nitrogens with one attached hydrogen (secondary N) is 2. The first-order chi connectivity index (χ1) is 18.3. The van der Waals surface area contributed by atoms with Crippen LogP contribution in [0.4, 0.5) is 8.78 Å². The molecule has 0 saturated heterocycles. The van der Waals surface area contributed by atoms with Gasteiger partial charge in [0, 0.05) is 52.8 Å². The first kappa shape index (κ1) is 25.2. The monoisotopic (exact) mass is 532 g/mol. The summed E-state index contributed by atoms with van der Waals surface area (Å²) in [5, 5.41) is 3.42. The molecule has 0 bridgehead atoms. The fraction of sp³-hybridized carbons (Fsp3) is 0.143. The lowest BCUT2D eigenvalue weighted by molar-refractivity contribution is 0.0960. The minimum Gasteiger partial charge on any atom is -0.355 e. The van der Waals surface area contributed by atoms with Gasteiger partial charge in [-0.3, -0.25) is 14.4 Å². The SMILES string of the molecule is CNC(=O)c1cnc2[nH]cc(-c3ccc(CCC(=O)c4cccn(Cc5ccc(F)c(F)c5)c4=O)s3)c2c1. The maximum Gasteiger partial charge on any atom is 0.261 e. The average molecular weight is 533 g/mol. The van der Waals surface area contributed by atoms with Gasteiger partial charge >= 0.3 is 0 Å². The molecule has 10 heteroatoms. The van der Waals surface area contributed by atoms with E-state index in [0.717, 1.165) is 32.8 Å². The van der Waals surface area contributed by atoms with E-state index in [0.29, 0.717) is 23.2 Å². The first-order valence-corrected chi connectivity index (χ1v) is 12.6. The van der Waals surface area contributed by atoms with Crippen LogP contribution in [0, 0.1) is 11.6 Å². The summed E-state index contributed by atoms with van der Waals surface area (Å²) in [6.07, 6.45) is 5.46. The maximum absolute atomic E-state index is 13.5. The molecule has 0 aliphatic heterocycles. The zero-order valence-corrected chi connectivity index (χ0v) is 21.1.